The number of carboxylic acid groups (broad SMARTS) is 2. The highest BCUT2D eigenvalue weighted by molar-refractivity contribution is 6.05. The van der Waals surface area contributed by atoms with E-state index >= 15 is 0 Å². The van der Waals surface area contributed by atoms with Crippen LogP contribution in [-0.2, 0) is 9.59 Å². The molecule has 3 aromatic rings. The van der Waals surface area contributed by atoms with Gasteiger partial charge in [-0.1, -0.05) is 12.1 Å². The molecule has 0 fully saturated rings. The number of nitrogens with one attached hydrogen (secondary N) is 1. The van der Waals surface area contributed by atoms with E-state index < -0.39 is 41.3 Å². The number of carbonyl (C=O) groups is 3. The van der Waals surface area contributed by atoms with Crippen LogP contribution in [-0.4, -0.2) is 60.5 Å². The van der Waals surface area contributed by atoms with Crippen LogP contribution in [0, 0.1) is 11.6 Å². The van der Waals surface area contributed by atoms with Crippen LogP contribution in [0.15, 0.2) is 60.7 Å². The van der Waals surface area contributed by atoms with Crippen molar-refractivity contribution in [1.82, 2.24) is 0 Å². The maximum Gasteiger partial charge on any atom is 0.346 e. The first-order valence-corrected chi connectivity index (χ1v) is 13.3. The van der Waals surface area contributed by atoms with Crippen LogP contribution in [0.3, 0.4) is 0 Å². The Hall–Kier alpha value is -4.87. The maximum atomic E-state index is 13.6. The maximum absolute atomic E-state index is 13.6. The van der Waals surface area contributed by atoms with Gasteiger partial charge >= 0.3 is 11.9 Å². The Kier molecular flexibility index (Phi) is 10.1. The van der Waals surface area contributed by atoms with Crippen LogP contribution in [0.4, 0.5) is 20.2 Å². The predicted molar refractivity (Wildman–Crippen MR) is 149 cm³/mol. The zero-order valence-electron chi connectivity index (χ0n) is 22.6. The highest BCUT2D eigenvalue weighted by Gasteiger charge is 2.32. The summed E-state index contributed by atoms with van der Waals surface area (Å²) in [6, 6.07) is 14.9. The fraction of sp³-hybridized carbons (Fsp3) is 0.300. The van der Waals surface area contributed by atoms with E-state index in [1.54, 1.807) is 47.4 Å². The minimum absolute atomic E-state index is 0.0396. The van der Waals surface area contributed by atoms with Gasteiger partial charge in [-0.05, 0) is 67.8 Å². The summed E-state index contributed by atoms with van der Waals surface area (Å²) in [4.78, 5) is 37.4. The van der Waals surface area contributed by atoms with Crippen LogP contribution in [0.1, 0.15) is 36.0 Å². The standard InChI is InChI=1S/C30H30F2N2O8/c31-21-6-3-7-22(32)27(21)41-17-2-1-16-40-20-13-11-19(12-14-20)29(37)33-23-8-4-9-24-28(23)42-25(30(38)39)18-34(24)15-5-10-26(35)36/h3-4,6-9,11-14,25H,1-2,5,10,15-18H2,(H,33,37)(H,35,36)(H,38,39). The quantitative estimate of drug-likeness (QED) is 0.225. The molecule has 1 amide bonds. The number of anilines is 2. The first-order chi connectivity index (χ1) is 20.2. The number of ether oxygens (including phenoxy) is 3. The molecule has 0 bridgehead atoms. The van der Waals surface area contributed by atoms with Gasteiger partial charge in [-0.3, -0.25) is 9.59 Å². The average Bonchev–Trinajstić information content (AvgIpc) is 2.96. The summed E-state index contributed by atoms with van der Waals surface area (Å²) in [7, 11) is 0. The number of fused-ring (bicyclic) bond motifs is 1. The molecule has 222 valence electrons. The van der Waals surface area contributed by atoms with Gasteiger partial charge in [0.05, 0.1) is 31.1 Å². The van der Waals surface area contributed by atoms with Crippen molar-refractivity contribution in [2.45, 2.75) is 31.8 Å². The average molecular weight is 585 g/mol. The Balaban J connectivity index is 1.30. The lowest BCUT2D eigenvalue weighted by Gasteiger charge is -2.35. The molecule has 1 atom stereocenters. The highest BCUT2D eigenvalue weighted by Crippen LogP contribution is 2.40. The number of rotatable bonds is 14. The first kappa shape index (κ1) is 30.1. The van der Waals surface area contributed by atoms with Gasteiger partial charge in [-0.2, -0.15) is 0 Å². The van der Waals surface area contributed by atoms with E-state index in [-0.39, 0.29) is 31.0 Å². The summed E-state index contributed by atoms with van der Waals surface area (Å²) in [6.07, 6.45) is 0.141. The molecule has 1 aliphatic heterocycles. The molecular formula is C30H30F2N2O8. The largest absolute Gasteiger partial charge is 0.494 e. The van der Waals surface area contributed by atoms with Gasteiger partial charge in [0.1, 0.15) is 5.75 Å². The number of hydrogen-bond donors (Lipinski definition) is 3. The summed E-state index contributed by atoms with van der Waals surface area (Å²) in [6.45, 7) is 0.802. The van der Waals surface area contributed by atoms with Gasteiger partial charge in [-0.25, -0.2) is 13.6 Å². The molecular weight excluding hydrogens is 554 g/mol. The highest BCUT2D eigenvalue weighted by atomic mass is 19.1. The topological polar surface area (TPSA) is 135 Å². The van der Waals surface area contributed by atoms with Crippen LogP contribution in [0.2, 0.25) is 0 Å². The molecule has 3 N–H and O–H groups in total. The minimum Gasteiger partial charge on any atom is -0.494 e. The minimum atomic E-state index is -1.19. The van der Waals surface area contributed by atoms with Gasteiger partial charge in [0.2, 0.25) is 6.10 Å². The number of aliphatic carboxylic acids is 2. The molecule has 0 spiro atoms. The summed E-state index contributed by atoms with van der Waals surface area (Å²) in [5, 5.41) is 21.3. The molecule has 0 radical (unpaired) electrons. The Bertz CT molecular complexity index is 1400. The third-order valence-electron chi connectivity index (χ3n) is 6.41. The van der Waals surface area contributed by atoms with Crippen LogP contribution in [0.25, 0.3) is 0 Å². The van der Waals surface area contributed by atoms with E-state index in [9.17, 15) is 28.3 Å². The van der Waals surface area contributed by atoms with Crippen molar-refractivity contribution in [2.75, 3.05) is 36.5 Å². The zero-order chi connectivity index (χ0) is 30.1. The molecule has 0 saturated carbocycles. The summed E-state index contributed by atoms with van der Waals surface area (Å²) in [5.41, 5.74) is 1.16. The zero-order valence-corrected chi connectivity index (χ0v) is 22.6. The second-order valence-electron chi connectivity index (χ2n) is 9.48. The summed E-state index contributed by atoms with van der Waals surface area (Å²) >= 11 is 0. The van der Waals surface area contributed by atoms with Crippen LogP contribution >= 0.6 is 0 Å². The SMILES string of the molecule is O=C(O)CCCN1CC(C(=O)O)Oc2c(NC(=O)c3ccc(OCCCCOc4c(F)cccc4F)cc3)cccc21. The van der Waals surface area contributed by atoms with E-state index in [0.717, 1.165) is 12.1 Å². The molecule has 1 aliphatic rings. The smallest absolute Gasteiger partial charge is 0.346 e. The van der Waals surface area contributed by atoms with Crippen molar-refractivity contribution in [1.29, 1.82) is 0 Å². The monoisotopic (exact) mass is 584 g/mol. The molecule has 1 heterocycles. The van der Waals surface area contributed by atoms with Crippen molar-refractivity contribution >= 4 is 29.2 Å². The second-order valence-corrected chi connectivity index (χ2v) is 9.48. The summed E-state index contributed by atoms with van der Waals surface area (Å²) in [5.74, 6) is -3.76. The van der Waals surface area contributed by atoms with E-state index in [1.165, 1.54) is 6.07 Å². The number of nitrogens with zero attached hydrogens (tertiary/aromatic N) is 1. The number of halogens is 2. The molecule has 42 heavy (non-hydrogen) atoms. The number of carboxylic acids is 2. The lowest BCUT2D eigenvalue weighted by Crippen LogP contribution is -2.45. The van der Waals surface area contributed by atoms with E-state index in [1.807, 2.05) is 0 Å². The normalized spacial score (nSPS) is 14.0. The molecule has 0 aromatic heterocycles. The van der Waals surface area contributed by atoms with Crippen molar-refractivity contribution in [2.24, 2.45) is 0 Å². The van der Waals surface area contributed by atoms with Gasteiger partial charge in [0.15, 0.2) is 23.1 Å². The number of unbranched alkanes of at least 4 members (excludes halogenated alkanes) is 1. The molecule has 0 saturated heterocycles. The lowest BCUT2D eigenvalue weighted by atomic mass is 10.1. The van der Waals surface area contributed by atoms with Gasteiger partial charge in [0, 0.05) is 18.5 Å². The van der Waals surface area contributed by atoms with Crippen LogP contribution < -0.4 is 24.4 Å². The number of hydrogen-bond acceptors (Lipinski definition) is 7. The van der Waals surface area contributed by atoms with E-state index in [2.05, 4.69) is 5.32 Å². The molecule has 0 aliphatic carbocycles. The van der Waals surface area contributed by atoms with Crippen molar-refractivity contribution in [3.8, 4) is 17.2 Å². The third-order valence-corrected chi connectivity index (χ3v) is 6.41. The fourth-order valence-corrected chi connectivity index (χ4v) is 4.32. The van der Waals surface area contributed by atoms with Crippen molar-refractivity contribution in [3.05, 3.63) is 77.9 Å². The van der Waals surface area contributed by atoms with E-state index in [0.29, 0.717) is 49.4 Å². The number of amides is 1. The third kappa shape index (κ3) is 7.87. The van der Waals surface area contributed by atoms with Crippen molar-refractivity contribution in [3.63, 3.8) is 0 Å². The number of benzene rings is 3. The Morgan fingerprint density at radius 3 is 2.24 bits per heavy atom. The molecule has 1 unspecified atom stereocenters. The Morgan fingerprint density at radius 2 is 1.57 bits per heavy atom. The predicted octanol–water partition coefficient (Wildman–Crippen LogP) is 4.97. The second kappa shape index (κ2) is 14.2. The van der Waals surface area contributed by atoms with Gasteiger partial charge in [0.25, 0.3) is 5.91 Å². The number of para-hydroxylation sites is 2. The molecule has 3 aromatic carbocycles. The lowest BCUT2D eigenvalue weighted by molar-refractivity contribution is -0.145. The van der Waals surface area contributed by atoms with Crippen LogP contribution in [0.5, 0.6) is 17.2 Å². The molecule has 10 nitrogen and oxygen atoms in total. The Labute approximate surface area is 240 Å². The molecule has 4 rings (SSSR count). The van der Waals surface area contributed by atoms with Crippen molar-refractivity contribution < 1.29 is 47.6 Å². The van der Waals surface area contributed by atoms with Gasteiger partial charge < -0.3 is 34.6 Å². The first-order valence-electron chi connectivity index (χ1n) is 13.3. The van der Waals surface area contributed by atoms with E-state index in [4.69, 9.17) is 19.3 Å². The summed E-state index contributed by atoms with van der Waals surface area (Å²) < 4.78 is 43.7. The number of carbonyl (C=O) groups excluding carboxylic acids is 1. The molecule has 12 heteroatoms. The fourth-order valence-electron chi connectivity index (χ4n) is 4.32. The Morgan fingerprint density at radius 1 is 0.905 bits per heavy atom. The van der Waals surface area contributed by atoms with Gasteiger partial charge in [-0.15, -0.1) is 0 Å².